The van der Waals surface area contributed by atoms with Gasteiger partial charge < -0.3 is 18.6 Å². The van der Waals surface area contributed by atoms with Crippen molar-refractivity contribution >= 4 is 17.9 Å². The Morgan fingerprint density at radius 1 is 1.09 bits per heavy atom. The van der Waals surface area contributed by atoms with Crippen molar-refractivity contribution in [3.05, 3.63) is 71.7 Å². The van der Waals surface area contributed by atoms with E-state index in [9.17, 15) is 14.4 Å². The van der Waals surface area contributed by atoms with Gasteiger partial charge in [0, 0.05) is 22.8 Å². The zero-order valence-corrected chi connectivity index (χ0v) is 20.2. The summed E-state index contributed by atoms with van der Waals surface area (Å²) in [6.07, 6.45) is 6.23. The molecule has 0 amide bonds. The third-order valence-corrected chi connectivity index (χ3v) is 8.36. The molecule has 6 atom stereocenters. The standard InChI is InChI=1S/C28H30O7/c1-27-11-9-20-26(31)35-22(18-10-12-33-16-18)15-28(20,2)23(27)14-19(13-21(27)25(30)32-3)34-24(29)17-7-5-4-6-8-17/h4-8,10,12,14,16,19-22H,9,11,13,15H2,1-3H3/t19-,20-,21-,22-,27-,28-/m0/s1. The van der Waals surface area contributed by atoms with E-state index in [0.29, 0.717) is 31.2 Å². The van der Waals surface area contributed by atoms with E-state index in [4.69, 9.17) is 18.6 Å². The van der Waals surface area contributed by atoms with Gasteiger partial charge in [-0.15, -0.1) is 0 Å². The van der Waals surface area contributed by atoms with Gasteiger partial charge in [0.15, 0.2) is 0 Å². The quantitative estimate of drug-likeness (QED) is 0.345. The predicted molar refractivity (Wildman–Crippen MR) is 125 cm³/mol. The molecule has 35 heavy (non-hydrogen) atoms. The molecular weight excluding hydrogens is 448 g/mol. The van der Waals surface area contributed by atoms with Crippen LogP contribution in [0.3, 0.4) is 0 Å². The van der Waals surface area contributed by atoms with E-state index in [2.05, 4.69) is 13.8 Å². The van der Waals surface area contributed by atoms with Crippen molar-refractivity contribution in [1.29, 1.82) is 0 Å². The smallest absolute Gasteiger partial charge is 0.338 e. The molecule has 2 fully saturated rings. The predicted octanol–water partition coefficient (Wildman–Crippen LogP) is 5.04. The number of benzene rings is 1. The molecule has 0 bridgehead atoms. The first kappa shape index (κ1) is 23.4. The van der Waals surface area contributed by atoms with Crippen molar-refractivity contribution in [2.45, 2.75) is 51.7 Å². The Morgan fingerprint density at radius 3 is 2.54 bits per heavy atom. The maximum atomic E-state index is 13.2. The fourth-order valence-corrected chi connectivity index (χ4v) is 6.51. The summed E-state index contributed by atoms with van der Waals surface area (Å²) in [4.78, 5) is 39.1. The van der Waals surface area contributed by atoms with Gasteiger partial charge in [0.25, 0.3) is 0 Å². The summed E-state index contributed by atoms with van der Waals surface area (Å²) in [5.41, 5.74) is 1.13. The van der Waals surface area contributed by atoms with Crippen LogP contribution in [0.2, 0.25) is 0 Å². The number of furan rings is 1. The Kier molecular flexibility index (Phi) is 5.82. The van der Waals surface area contributed by atoms with Crippen LogP contribution < -0.4 is 0 Å². The fourth-order valence-electron chi connectivity index (χ4n) is 6.51. The molecule has 3 aliphatic rings. The molecule has 1 saturated carbocycles. The zero-order valence-electron chi connectivity index (χ0n) is 20.2. The number of allylic oxidation sites excluding steroid dienone is 1. The summed E-state index contributed by atoms with van der Waals surface area (Å²) in [6, 6.07) is 10.6. The molecule has 0 radical (unpaired) electrons. The van der Waals surface area contributed by atoms with Gasteiger partial charge in [0.1, 0.15) is 12.2 Å². The van der Waals surface area contributed by atoms with Crippen LogP contribution in [-0.4, -0.2) is 31.1 Å². The summed E-state index contributed by atoms with van der Waals surface area (Å²) in [5, 5.41) is 0. The van der Waals surface area contributed by atoms with E-state index >= 15 is 0 Å². The van der Waals surface area contributed by atoms with Crippen LogP contribution in [0.1, 0.15) is 61.6 Å². The minimum atomic E-state index is -0.615. The highest BCUT2D eigenvalue weighted by Gasteiger charge is 2.61. The van der Waals surface area contributed by atoms with Gasteiger partial charge in [0.2, 0.25) is 0 Å². The number of carbonyl (C=O) groups is 3. The summed E-state index contributed by atoms with van der Waals surface area (Å²) in [6.45, 7) is 4.15. The molecule has 7 nitrogen and oxygen atoms in total. The highest BCUT2D eigenvalue weighted by molar-refractivity contribution is 5.89. The van der Waals surface area contributed by atoms with Gasteiger partial charge in [0.05, 0.1) is 37.0 Å². The molecule has 0 N–H and O–H groups in total. The molecule has 2 aromatic rings. The number of esters is 3. The van der Waals surface area contributed by atoms with Gasteiger partial charge in [-0.2, -0.15) is 0 Å². The van der Waals surface area contributed by atoms with E-state index in [1.807, 2.05) is 12.1 Å². The van der Waals surface area contributed by atoms with Gasteiger partial charge >= 0.3 is 17.9 Å². The average molecular weight is 479 g/mol. The lowest BCUT2D eigenvalue weighted by molar-refractivity contribution is -0.177. The van der Waals surface area contributed by atoms with Crippen LogP contribution >= 0.6 is 0 Å². The first-order valence-corrected chi connectivity index (χ1v) is 12.1. The number of ether oxygens (including phenoxy) is 3. The van der Waals surface area contributed by atoms with Crippen molar-refractivity contribution in [3.8, 4) is 0 Å². The van der Waals surface area contributed by atoms with Crippen molar-refractivity contribution in [3.63, 3.8) is 0 Å². The number of rotatable bonds is 4. The minimum Gasteiger partial charge on any atom is -0.472 e. The molecule has 2 heterocycles. The SMILES string of the molecule is COC(=O)[C@@H]1C[C@H](OC(=O)c2ccccc2)C=C2[C@@]1(C)CC[C@H]1C(=O)O[C@H](c3ccoc3)C[C@]21C. The molecule has 1 aromatic carbocycles. The van der Waals surface area contributed by atoms with Crippen molar-refractivity contribution in [2.24, 2.45) is 22.7 Å². The lowest BCUT2D eigenvalue weighted by Crippen LogP contribution is -2.55. The highest BCUT2D eigenvalue weighted by Crippen LogP contribution is 2.64. The molecule has 1 aromatic heterocycles. The Hall–Kier alpha value is -3.35. The van der Waals surface area contributed by atoms with Gasteiger partial charge in [-0.1, -0.05) is 37.6 Å². The molecule has 2 aliphatic carbocycles. The van der Waals surface area contributed by atoms with Crippen LogP contribution in [0, 0.1) is 22.7 Å². The first-order chi connectivity index (χ1) is 16.8. The molecule has 0 spiro atoms. The van der Waals surface area contributed by atoms with Crippen molar-refractivity contribution < 1.29 is 33.0 Å². The molecule has 7 heteroatoms. The largest absolute Gasteiger partial charge is 0.472 e. The maximum Gasteiger partial charge on any atom is 0.338 e. The van der Waals surface area contributed by atoms with Crippen LogP contribution in [0.25, 0.3) is 0 Å². The monoisotopic (exact) mass is 478 g/mol. The van der Waals surface area contributed by atoms with Crippen molar-refractivity contribution in [2.75, 3.05) is 7.11 Å². The van der Waals surface area contributed by atoms with Crippen LogP contribution in [0.5, 0.6) is 0 Å². The van der Waals surface area contributed by atoms with E-state index in [1.54, 1.807) is 42.9 Å². The second kappa shape index (κ2) is 8.70. The number of hydrogen-bond acceptors (Lipinski definition) is 7. The van der Waals surface area contributed by atoms with E-state index in [1.165, 1.54) is 7.11 Å². The van der Waals surface area contributed by atoms with Gasteiger partial charge in [-0.3, -0.25) is 9.59 Å². The summed E-state index contributed by atoms with van der Waals surface area (Å²) >= 11 is 0. The van der Waals surface area contributed by atoms with Gasteiger partial charge in [-0.25, -0.2) is 4.79 Å². The number of carbonyl (C=O) groups excluding carboxylic acids is 3. The summed E-state index contributed by atoms with van der Waals surface area (Å²) < 4.78 is 22.2. The summed E-state index contributed by atoms with van der Waals surface area (Å²) in [7, 11) is 1.38. The lowest BCUT2D eigenvalue weighted by atomic mass is 9.47. The van der Waals surface area contributed by atoms with E-state index in [0.717, 1.165) is 11.1 Å². The third-order valence-electron chi connectivity index (χ3n) is 8.36. The Balaban J connectivity index is 1.55. The molecule has 184 valence electrons. The highest BCUT2D eigenvalue weighted by atomic mass is 16.6. The van der Waals surface area contributed by atoms with E-state index < -0.39 is 34.9 Å². The second-order valence-corrected chi connectivity index (χ2v) is 10.3. The topological polar surface area (TPSA) is 92.0 Å². The normalized spacial score (nSPS) is 34.0. The average Bonchev–Trinajstić information content (AvgIpc) is 3.39. The second-order valence-electron chi connectivity index (χ2n) is 10.3. The first-order valence-electron chi connectivity index (χ1n) is 12.1. The van der Waals surface area contributed by atoms with Crippen molar-refractivity contribution in [1.82, 2.24) is 0 Å². The maximum absolute atomic E-state index is 13.2. The molecule has 1 aliphatic heterocycles. The third kappa shape index (κ3) is 3.87. The minimum absolute atomic E-state index is 0.245. The Bertz CT molecular complexity index is 1150. The summed E-state index contributed by atoms with van der Waals surface area (Å²) in [5.74, 6) is -1.86. The molecule has 5 rings (SSSR count). The number of cyclic esters (lactones) is 1. The number of fused-ring (bicyclic) bond motifs is 3. The van der Waals surface area contributed by atoms with Crippen LogP contribution in [0.15, 0.2) is 65.0 Å². The number of hydrogen-bond donors (Lipinski definition) is 0. The molecular formula is C28H30O7. The van der Waals surface area contributed by atoms with Crippen LogP contribution in [0.4, 0.5) is 0 Å². The fraction of sp³-hybridized carbons (Fsp3) is 0.464. The number of methoxy groups -OCH3 is 1. The van der Waals surface area contributed by atoms with Gasteiger partial charge in [-0.05, 0) is 43.5 Å². The zero-order chi connectivity index (χ0) is 24.8. The lowest BCUT2D eigenvalue weighted by Gasteiger charge is -2.57. The Morgan fingerprint density at radius 2 is 1.86 bits per heavy atom. The van der Waals surface area contributed by atoms with E-state index in [-0.39, 0.29) is 17.9 Å². The molecule has 1 saturated heterocycles. The van der Waals surface area contributed by atoms with Crippen LogP contribution in [-0.2, 0) is 23.8 Å². The molecule has 0 unspecified atom stereocenters. The Labute approximate surface area is 204 Å².